The summed E-state index contributed by atoms with van der Waals surface area (Å²) in [6.45, 7) is 4.09. The molecule has 0 atom stereocenters. The van der Waals surface area contributed by atoms with E-state index in [0.29, 0.717) is 23.5 Å². The Hall–Kier alpha value is -1.07. The Balaban J connectivity index is 2.55. The second-order valence-corrected chi connectivity index (χ2v) is 4.88. The summed E-state index contributed by atoms with van der Waals surface area (Å²) in [5.41, 5.74) is -0.809. The Bertz CT molecular complexity index is 372. The van der Waals surface area contributed by atoms with Gasteiger partial charge < -0.3 is 15.2 Å². The van der Waals surface area contributed by atoms with Crippen LogP contribution < -0.4 is 10.1 Å². The fraction of sp³-hybridized carbons (Fsp3) is 0.583. The van der Waals surface area contributed by atoms with Gasteiger partial charge in [-0.25, -0.2) is 0 Å². The van der Waals surface area contributed by atoms with Crippen LogP contribution in [0.1, 0.15) is 36.4 Å². The van der Waals surface area contributed by atoms with Crippen LogP contribution >= 0.6 is 11.3 Å². The molecule has 1 amide bonds. The molecule has 1 aromatic heterocycles. The highest BCUT2D eigenvalue weighted by molar-refractivity contribution is 7.12. The van der Waals surface area contributed by atoms with Crippen LogP contribution in [0.2, 0.25) is 0 Å². The van der Waals surface area contributed by atoms with Gasteiger partial charge in [0.15, 0.2) is 0 Å². The van der Waals surface area contributed by atoms with Crippen molar-refractivity contribution < 1.29 is 14.6 Å². The first-order valence-corrected chi connectivity index (χ1v) is 6.55. The lowest BCUT2D eigenvalue weighted by atomic mass is 9.98. The van der Waals surface area contributed by atoms with E-state index >= 15 is 0 Å². The zero-order valence-electron chi connectivity index (χ0n) is 10.4. The summed E-state index contributed by atoms with van der Waals surface area (Å²) in [5, 5.41) is 14.6. The normalized spacial score (nSPS) is 11.3. The molecule has 0 aliphatic rings. The third kappa shape index (κ3) is 3.71. The maximum absolute atomic E-state index is 11.8. The Labute approximate surface area is 106 Å². The maximum atomic E-state index is 11.8. The molecular weight excluding hydrogens is 238 g/mol. The molecule has 0 saturated carbocycles. The third-order valence-electron chi connectivity index (χ3n) is 2.93. The van der Waals surface area contributed by atoms with Crippen LogP contribution in [-0.4, -0.2) is 30.3 Å². The second-order valence-electron chi connectivity index (χ2n) is 3.96. The zero-order chi connectivity index (χ0) is 12.9. The summed E-state index contributed by atoms with van der Waals surface area (Å²) in [6.07, 6.45) is 1.25. The number of methoxy groups -OCH3 is 1. The summed E-state index contributed by atoms with van der Waals surface area (Å²) < 4.78 is 5.01. The minimum absolute atomic E-state index is 0.168. The predicted octanol–water partition coefficient (Wildman–Crippen LogP) is 2.04. The first-order valence-electron chi connectivity index (χ1n) is 5.67. The highest BCUT2D eigenvalue weighted by atomic mass is 32.1. The van der Waals surface area contributed by atoms with Crippen LogP contribution in [-0.2, 0) is 0 Å². The summed E-state index contributed by atoms with van der Waals surface area (Å²) in [6, 6.07) is 1.69. The molecule has 17 heavy (non-hydrogen) atoms. The van der Waals surface area contributed by atoms with Gasteiger partial charge in [0, 0.05) is 18.0 Å². The van der Waals surface area contributed by atoms with Crippen molar-refractivity contribution in [1.82, 2.24) is 5.32 Å². The topological polar surface area (TPSA) is 58.6 Å². The van der Waals surface area contributed by atoms with Crippen molar-refractivity contribution in [2.45, 2.75) is 32.3 Å². The number of amides is 1. The van der Waals surface area contributed by atoms with Gasteiger partial charge in [-0.3, -0.25) is 4.79 Å². The molecular formula is C12H19NO3S. The summed E-state index contributed by atoms with van der Waals surface area (Å²) in [7, 11) is 1.57. The van der Waals surface area contributed by atoms with E-state index in [1.54, 1.807) is 18.6 Å². The van der Waals surface area contributed by atoms with Gasteiger partial charge in [0.1, 0.15) is 5.75 Å². The molecule has 1 aromatic rings. The molecule has 1 rings (SSSR count). The number of hydrogen-bond donors (Lipinski definition) is 2. The van der Waals surface area contributed by atoms with Gasteiger partial charge in [0.25, 0.3) is 5.91 Å². The van der Waals surface area contributed by atoms with Crippen LogP contribution in [0.25, 0.3) is 0 Å². The van der Waals surface area contributed by atoms with E-state index < -0.39 is 5.60 Å². The summed E-state index contributed by atoms with van der Waals surface area (Å²) in [5.74, 6) is 0.514. The molecule has 1 heterocycles. The van der Waals surface area contributed by atoms with Crippen LogP contribution in [0, 0.1) is 0 Å². The molecule has 0 bridgehead atoms. The van der Waals surface area contributed by atoms with Gasteiger partial charge in [-0.1, -0.05) is 13.8 Å². The molecule has 0 unspecified atom stereocenters. The average Bonchev–Trinajstić information content (AvgIpc) is 2.84. The van der Waals surface area contributed by atoms with E-state index in [1.165, 1.54) is 11.3 Å². The fourth-order valence-corrected chi connectivity index (χ4v) is 2.15. The van der Waals surface area contributed by atoms with E-state index in [1.807, 2.05) is 13.8 Å². The number of ether oxygens (including phenoxy) is 1. The van der Waals surface area contributed by atoms with Crippen LogP contribution in [0.3, 0.4) is 0 Å². The van der Waals surface area contributed by atoms with Crippen LogP contribution in [0.4, 0.5) is 0 Å². The van der Waals surface area contributed by atoms with Crippen molar-refractivity contribution in [1.29, 1.82) is 0 Å². The molecule has 96 valence electrons. The van der Waals surface area contributed by atoms with E-state index in [9.17, 15) is 9.90 Å². The first kappa shape index (κ1) is 14.0. The van der Waals surface area contributed by atoms with Crippen molar-refractivity contribution in [3.05, 3.63) is 16.3 Å². The van der Waals surface area contributed by atoms with Gasteiger partial charge >= 0.3 is 0 Å². The number of carbonyl (C=O) groups is 1. The Morgan fingerprint density at radius 2 is 2.18 bits per heavy atom. The Kier molecular flexibility index (Phi) is 4.96. The molecule has 2 N–H and O–H groups in total. The molecule has 0 aliphatic heterocycles. The van der Waals surface area contributed by atoms with E-state index in [0.717, 1.165) is 0 Å². The fourth-order valence-electron chi connectivity index (χ4n) is 1.38. The quantitative estimate of drug-likeness (QED) is 0.820. The molecule has 0 saturated heterocycles. The number of hydrogen-bond acceptors (Lipinski definition) is 4. The van der Waals surface area contributed by atoms with Crippen molar-refractivity contribution in [2.75, 3.05) is 13.7 Å². The number of rotatable bonds is 6. The monoisotopic (exact) mass is 257 g/mol. The SMILES string of the molecule is CCC(O)(CC)CNC(=O)c1cc(OC)cs1. The van der Waals surface area contributed by atoms with Crippen LogP contribution in [0.15, 0.2) is 11.4 Å². The Morgan fingerprint density at radius 3 is 2.65 bits per heavy atom. The first-order chi connectivity index (χ1) is 8.04. The molecule has 0 aliphatic carbocycles. The minimum atomic E-state index is -0.809. The molecule has 4 nitrogen and oxygen atoms in total. The van der Waals surface area contributed by atoms with Gasteiger partial charge in [0.2, 0.25) is 0 Å². The number of nitrogens with one attached hydrogen (secondary N) is 1. The lowest BCUT2D eigenvalue weighted by molar-refractivity contribution is 0.0314. The van der Waals surface area contributed by atoms with Crippen molar-refractivity contribution in [2.24, 2.45) is 0 Å². The minimum Gasteiger partial charge on any atom is -0.496 e. The van der Waals surface area contributed by atoms with E-state index in [2.05, 4.69) is 5.32 Å². The smallest absolute Gasteiger partial charge is 0.261 e. The van der Waals surface area contributed by atoms with Gasteiger partial charge in [-0.05, 0) is 12.8 Å². The molecule has 0 aromatic carbocycles. The van der Waals surface area contributed by atoms with Gasteiger partial charge in [-0.2, -0.15) is 0 Å². The highest BCUT2D eigenvalue weighted by Gasteiger charge is 2.23. The largest absolute Gasteiger partial charge is 0.496 e. The maximum Gasteiger partial charge on any atom is 0.261 e. The molecule has 5 heteroatoms. The van der Waals surface area contributed by atoms with Gasteiger partial charge in [-0.15, -0.1) is 11.3 Å². The van der Waals surface area contributed by atoms with Crippen LogP contribution in [0.5, 0.6) is 5.75 Å². The van der Waals surface area contributed by atoms with E-state index in [-0.39, 0.29) is 12.5 Å². The molecule has 0 spiro atoms. The number of thiophene rings is 1. The third-order valence-corrected chi connectivity index (χ3v) is 3.84. The van der Waals surface area contributed by atoms with E-state index in [4.69, 9.17) is 4.74 Å². The lowest BCUT2D eigenvalue weighted by Crippen LogP contribution is -2.41. The molecule has 0 fully saturated rings. The highest BCUT2D eigenvalue weighted by Crippen LogP contribution is 2.21. The number of carbonyl (C=O) groups excluding carboxylic acids is 1. The Morgan fingerprint density at radius 1 is 1.53 bits per heavy atom. The number of aliphatic hydroxyl groups is 1. The lowest BCUT2D eigenvalue weighted by Gasteiger charge is -2.25. The van der Waals surface area contributed by atoms with Crippen molar-refractivity contribution in [3.8, 4) is 5.75 Å². The summed E-state index contributed by atoms with van der Waals surface area (Å²) in [4.78, 5) is 12.4. The second kappa shape index (κ2) is 6.02. The standard InChI is InChI=1S/C12H19NO3S/c1-4-12(15,5-2)8-13-11(14)10-6-9(16-3)7-17-10/h6-7,15H,4-5,8H2,1-3H3,(H,13,14). The zero-order valence-corrected chi connectivity index (χ0v) is 11.3. The van der Waals surface area contributed by atoms with Gasteiger partial charge in [0.05, 0.1) is 17.6 Å². The predicted molar refractivity (Wildman–Crippen MR) is 68.7 cm³/mol. The average molecular weight is 257 g/mol. The summed E-state index contributed by atoms with van der Waals surface area (Å²) >= 11 is 1.33. The van der Waals surface area contributed by atoms with Crippen molar-refractivity contribution >= 4 is 17.2 Å². The molecule has 0 radical (unpaired) electrons. The van der Waals surface area contributed by atoms with Crippen molar-refractivity contribution in [3.63, 3.8) is 0 Å².